The fraction of sp³-hybridized carbons (Fsp3) is 1.00. The first-order valence-corrected chi connectivity index (χ1v) is 39.8. The Balaban J connectivity index is 0.329. The summed E-state index contributed by atoms with van der Waals surface area (Å²) in [5.41, 5.74) is 0. The lowest BCUT2D eigenvalue weighted by Gasteiger charge is -3.02. The van der Waals surface area contributed by atoms with Crippen molar-refractivity contribution in [1.82, 2.24) is 0 Å². The molecule has 0 bridgehead atoms. The molecule has 0 radical (unpaired) electrons. The molecule has 80 heavy (non-hydrogen) atoms. The highest BCUT2D eigenvalue weighted by Crippen LogP contribution is 3.04. The van der Waals surface area contributed by atoms with Gasteiger partial charge in [0.25, 0.3) is 0 Å². The Morgan fingerprint density at radius 2 is 0.287 bits per heavy atom. The highest BCUT2D eigenvalue weighted by atomic mass is 15.0. The molecule has 0 aliphatic heterocycles. The van der Waals surface area contributed by atoms with Gasteiger partial charge in [-0.25, -0.2) is 0 Å². The lowest BCUT2D eigenvalue weighted by Crippen LogP contribution is -2.98. The molecule has 0 saturated heterocycles. The topological polar surface area (TPSA) is 0 Å². The van der Waals surface area contributed by atoms with E-state index in [2.05, 4.69) is 6.92 Å². The monoisotopic (exact) mass is 1050 g/mol. The van der Waals surface area contributed by atoms with Crippen LogP contribution in [0.4, 0.5) is 0 Å². The average Bonchev–Trinajstić information content (AvgIpc) is 0.595. The van der Waals surface area contributed by atoms with Crippen molar-refractivity contribution in [3.8, 4) is 0 Å². The highest BCUT2D eigenvalue weighted by molar-refractivity contribution is 5.47. The van der Waals surface area contributed by atoms with Gasteiger partial charge in [-0.2, -0.15) is 0 Å². The smallest absolute Gasteiger partial charge is 0.0312 e. The van der Waals surface area contributed by atoms with Crippen molar-refractivity contribution < 1.29 is 0 Å². The maximum atomic E-state index is 2.53. The van der Waals surface area contributed by atoms with E-state index < -0.39 is 0 Å². The van der Waals surface area contributed by atoms with Gasteiger partial charge in [0, 0.05) is 0 Å². The lowest BCUT2D eigenvalue weighted by molar-refractivity contribution is -0.551. The van der Waals surface area contributed by atoms with Crippen molar-refractivity contribution in [2.24, 2.45) is 420 Å². The summed E-state index contributed by atoms with van der Waals surface area (Å²) in [6, 6.07) is 0. The predicted octanol–water partition coefficient (Wildman–Crippen LogP) is 12.4. The molecule has 36 saturated carbocycles. The Morgan fingerprint density at radius 3 is 0.487 bits per heavy atom. The van der Waals surface area contributed by atoms with Gasteiger partial charge < -0.3 is 0 Å². The van der Waals surface area contributed by atoms with Crippen molar-refractivity contribution in [3.63, 3.8) is 0 Å². The van der Waals surface area contributed by atoms with Gasteiger partial charge in [-0.15, -0.1) is 0 Å². The SMILES string of the molecule is CCC1CC2C1C1C2C2C1C1C2C2C1C1C2C2C1C1C2C2C1C1C2C2C1C1C3C4C5C6C7C8C9C%10C%11C%12C%13C(C%14CC%15C%14C%14C%15C%15C%16C%17C(C%18CC%19C%18C%18C%19C%19C%20C%21CCC%21C%20C%18%19)CC%17C%16C%14%15)CC%13C%12C%11C%10C9C8C7C6C5C4C3C21. The van der Waals surface area contributed by atoms with Crippen LogP contribution in [0.1, 0.15) is 58.3 Å². The molecular weight excluding hydrogens is 961 g/mol. The van der Waals surface area contributed by atoms with E-state index in [4.69, 9.17) is 0 Å². The summed E-state index contributed by atoms with van der Waals surface area (Å²) in [6.45, 7) is 2.53. The first-order chi connectivity index (χ1) is 39.8. The number of fused-ring (bicyclic) bond motifs is 93. The van der Waals surface area contributed by atoms with Crippen LogP contribution in [-0.4, -0.2) is 0 Å². The number of rotatable bonds is 3. The largest absolute Gasteiger partial charge is 0.0651 e. The van der Waals surface area contributed by atoms with Crippen LogP contribution < -0.4 is 0 Å². The van der Waals surface area contributed by atoms with Crippen LogP contribution in [0.15, 0.2) is 0 Å². The molecule has 36 aliphatic carbocycles. The Kier molecular flexibility index (Phi) is 4.64. The van der Waals surface area contributed by atoms with E-state index in [1.165, 1.54) is 427 Å². The lowest BCUT2D eigenvalue weighted by atomic mass is 9.03. The first-order valence-electron chi connectivity index (χ1n) is 39.8. The minimum Gasteiger partial charge on any atom is -0.0651 e. The van der Waals surface area contributed by atoms with E-state index in [1.54, 1.807) is 44.9 Å². The molecule has 71 unspecified atom stereocenters. The Labute approximate surface area is 475 Å². The Hall–Kier alpha value is 0. The van der Waals surface area contributed by atoms with Crippen molar-refractivity contribution in [3.05, 3.63) is 0 Å². The third-order valence-electron chi connectivity index (χ3n) is 49.8. The van der Waals surface area contributed by atoms with Crippen molar-refractivity contribution in [2.75, 3.05) is 0 Å². The van der Waals surface area contributed by atoms with Crippen LogP contribution in [0.2, 0.25) is 0 Å². The maximum Gasteiger partial charge on any atom is -0.0312 e. The summed E-state index contributed by atoms with van der Waals surface area (Å²) >= 11 is 0. The van der Waals surface area contributed by atoms with Crippen molar-refractivity contribution >= 4 is 0 Å². The zero-order valence-electron chi connectivity index (χ0n) is 47.6. The van der Waals surface area contributed by atoms with Gasteiger partial charge >= 0.3 is 0 Å². The predicted molar refractivity (Wildman–Crippen MR) is 290 cm³/mol. The van der Waals surface area contributed by atoms with E-state index in [9.17, 15) is 0 Å². The first kappa shape index (κ1) is 37.8. The normalized spacial score (nSPS) is 98.1. The molecule has 0 spiro atoms. The molecule has 410 valence electrons. The van der Waals surface area contributed by atoms with Crippen molar-refractivity contribution in [2.45, 2.75) is 58.3 Å². The van der Waals surface area contributed by atoms with Crippen LogP contribution in [0.3, 0.4) is 0 Å². The standard InChI is InChI=1S/C80H90/c1-2-10-5-17-22(10)34-29(17)43-45(34)49-47(43)51-53(49)57-55(51)59-61(57)65-63(59)67-69(65)73-71(67)75-77(73)80-78-74-70-66-62-58-54-50-46-38-26-16(9-21(26)33(38)44(46)48(50)52(54)56(58)60(62)64(66)68(70)72(74)76(78)79(75)80)15-8-20-25(15)37-32(20)41-36-24-14(7-19(24)31(36)42(37)41)13-6-18-23(13)35-30(18)39-27-11-3-4-12(11)28(27)40(35)39/h10-80H,2-9H2,1H3. The number of hydrogen-bond donors (Lipinski definition) is 0. The van der Waals surface area contributed by atoms with E-state index in [0.717, 1.165) is 0 Å². The molecule has 36 fully saturated rings. The quantitative estimate of drug-likeness (QED) is 0.247. The van der Waals surface area contributed by atoms with Crippen LogP contribution in [0, 0.1) is 420 Å². The summed E-state index contributed by atoms with van der Waals surface area (Å²) < 4.78 is 0. The molecule has 0 aromatic rings. The van der Waals surface area contributed by atoms with Gasteiger partial charge in [0.1, 0.15) is 0 Å². The van der Waals surface area contributed by atoms with Gasteiger partial charge in [0.2, 0.25) is 0 Å². The van der Waals surface area contributed by atoms with Crippen LogP contribution in [0.5, 0.6) is 0 Å². The Bertz CT molecular complexity index is 3440. The molecule has 36 aliphatic rings. The van der Waals surface area contributed by atoms with Gasteiger partial charge in [-0.05, 0) is 465 Å². The van der Waals surface area contributed by atoms with Crippen LogP contribution in [-0.2, 0) is 0 Å². The second-order valence-electron chi connectivity index (χ2n) is 44.3. The Morgan fingerprint density at radius 1 is 0.138 bits per heavy atom. The third kappa shape index (κ3) is 2.54. The molecule has 0 heteroatoms. The van der Waals surface area contributed by atoms with E-state index in [-0.39, 0.29) is 0 Å². The van der Waals surface area contributed by atoms with Gasteiger partial charge in [-0.1, -0.05) is 13.3 Å². The highest BCUT2D eigenvalue weighted by Gasteiger charge is 3.01. The number of hydrogen-bond acceptors (Lipinski definition) is 0. The molecule has 0 amide bonds. The average molecular weight is 1050 g/mol. The maximum absolute atomic E-state index is 2.53. The summed E-state index contributed by atoms with van der Waals surface area (Å²) in [5, 5.41) is 0. The van der Waals surface area contributed by atoms with Crippen molar-refractivity contribution in [1.29, 1.82) is 0 Å². The molecule has 0 nitrogen and oxygen atoms in total. The molecule has 0 aromatic heterocycles. The molecule has 0 aromatic carbocycles. The minimum absolute atomic E-state index is 1.17. The summed E-state index contributed by atoms with van der Waals surface area (Å²) in [5.74, 6) is 92.6. The second-order valence-corrected chi connectivity index (χ2v) is 44.3. The van der Waals surface area contributed by atoms with Crippen LogP contribution >= 0.6 is 0 Å². The van der Waals surface area contributed by atoms with E-state index in [1.807, 2.05) is 0 Å². The fourth-order valence-corrected chi connectivity index (χ4v) is 50.2. The zero-order chi connectivity index (χ0) is 47.6. The van der Waals surface area contributed by atoms with E-state index >= 15 is 0 Å². The molecule has 0 N–H and O–H groups in total. The van der Waals surface area contributed by atoms with Gasteiger partial charge in [0.05, 0.1) is 0 Å². The van der Waals surface area contributed by atoms with Gasteiger partial charge in [0.15, 0.2) is 0 Å². The summed E-state index contributed by atoms with van der Waals surface area (Å²) in [4.78, 5) is 0. The molecular formula is C80H90. The van der Waals surface area contributed by atoms with Gasteiger partial charge in [-0.3, -0.25) is 0 Å². The zero-order valence-corrected chi connectivity index (χ0v) is 47.6. The summed E-state index contributed by atoms with van der Waals surface area (Å²) in [7, 11) is 0. The molecule has 0 heterocycles. The van der Waals surface area contributed by atoms with Crippen LogP contribution in [0.25, 0.3) is 0 Å². The van der Waals surface area contributed by atoms with E-state index in [0.29, 0.717) is 0 Å². The third-order valence-corrected chi connectivity index (χ3v) is 49.8. The minimum atomic E-state index is 1.17. The molecule has 71 atom stereocenters. The summed E-state index contributed by atoms with van der Waals surface area (Å²) in [6.07, 6.45) is 13.6. The molecule has 36 rings (SSSR count). The fourth-order valence-electron chi connectivity index (χ4n) is 50.2. The second kappa shape index (κ2) is 9.84.